The first kappa shape index (κ1) is 21.9. The Morgan fingerprint density at radius 3 is 1.76 bits per heavy atom. The largest absolute Gasteiger partial charge is 0.491 e. The van der Waals surface area contributed by atoms with Crippen LogP contribution in [-0.2, 0) is 19.6 Å². The number of rotatable bonds is 12. The first-order valence-electron chi connectivity index (χ1n) is 9.12. The summed E-state index contributed by atoms with van der Waals surface area (Å²) < 4.78 is 21.4. The van der Waals surface area contributed by atoms with E-state index in [4.69, 9.17) is 18.9 Å². The third kappa shape index (κ3) is 9.83. The molecule has 0 atom stereocenters. The van der Waals surface area contributed by atoms with Crippen LogP contribution >= 0.6 is 0 Å². The molecule has 0 fully saturated rings. The second-order valence-corrected chi connectivity index (χ2v) is 8.21. The normalized spacial score (nSPS) is 12.4. The molecule has 0 aliphatic carbocycles. The molecule has 0 aromatic heterocycles. The van der Waals surface area contributed by atoms with Crippen LogP contribution in [0.2, 0.25) is 0 Å². The van der Waals surface area contributed by atoms with Gasteiger partial charge in [0.1, 0.15) is 12.4 Å². The Hall–Kier alpha value is -1.10. The Labute approximate surface area is 153 Å². The van der Waals surface area contributed by atoms with Crippen LogP contribution < -0.4 is 4.74 Å². The van der Waals surface area contributed by atoms with Crippen LogP contribution in [0.3, 0.4) is 0 Å². The summed E-state index contributed by atoms with van der Waals surface area (Å²) in [6, 6.07) is 8.44. The maximum absolute atomic E-state index is 5.73. The Morgan fingerprint density at radius 2 is 1.24 bits per heavy atom. The summed E-state index contributed by atoms with van der Waals surface area (Å²) in [5.41, 5.74) is 1.81. The standard InChI is InChI=1S/C21H36O4/c1-20(2,3)17-21(4,5)18-7-9-19(10-8-18)25-16-15-24-14-13-23-12-11-22-6/h7-10H,11-17H2,1-6H3. The van der Waals surface area contributed by atoms with Gasteiger partial charge in [0.25, 0.3) is 0 Å². The van der Waals surface area contributed by atoms with Crippen molar-refractivity contribution in [2.24, 2.45) is 5.41 Å². The molecule has 1 aromatic carbocycles. The lowest BCUT2D eigenvalue weighted by molar-refractivity contribution is 0.0179. The highest BCUT2D eigenvalue weighted by Crippen LogP contribution is 2.36. The Balaban J connectivity index is 2.26. The van der Waals surface area contributed by atoms with Gasteiger partial charge in [-0.25, -0.2) is 0 Å². The topological polar surface area (TPSA) is 36.9 Å². The van der Waals surface area contributed by atoms with E-state index in [1.165, 1.54) is 5.56 Å². The summed E-state index contributed by atoms with van der Waals surface area (Å²) >= 11 is 0. The van der Waals surface area contributed by atoms with Crippen molar-refractivity contribution in [1.82, 2.24) is 0 Å². The predicted octanol–water partition coefficient (Wildman–Crippen LogP) is 4.46. The maximum Gasteiger partial charge on any atom is 0.119 e. The number of hydrogen-bond acceptors (Lipinski definition) is 4. The van der Waals surface area contributed by atoms with E-state index < -0.39 is 0 Å². The molecule has 0 heterocycles. The fourth-order valence-electron chi connectivity index (χ4n) is 3.11. The second kappa shape index (κ2) is 10.8. The molecular formula is C21H36O4. The van der Waals surface area contributed by atoms with Gasteiger partial charge in [-0.2, -0.15) is 0 Å². The van der Waals surface area contributed by atoms with E-state index in [9.17, 15) is 0 Å². The molecule has 144 valence electrons. The highest BCUT2D eigenvalue weighted by atomic mass is 16.6. The van der Waals surface area contributed by atoms with Gasteiger partial charge in [0.2, 0.25) is 0 Å². The molecule has 25 heavy (non-hydrogen) atoms. The molecule has 1 rings (SSSR count). The fraction of sp³-hybridized carbons (Fsp3) is 0.714. The zero-order valence-corrected chi connectivity index (χ0v) is 16.9. The van der Waals surface area contributed by atoms with Crippen molar-refractivity contribution in [3.63, 3.8) is 0 Å². The van der Waals surface area contributed by atoms with Crippen molar-refractivity contribution in [2.75, 3.05) is 46.8 Å². The molecule has 0 saturated carbocycles. The lowest BCUT2D eigenvalue weighted by Crippen LogP contribution is -2.24. The van der Waals surface area contributed by atoms with Crippen LogP contribution in [0.15, 0.2) is 24.3 Å². The lowest BCUT2D eigenvalue weighted by Gasteiger charge is -2.33. The van der Waals surface area contributed by atoms with Crippen LogP contribution in [0.1, 0.15) is 46.6 Å². The minimum absolute atomic E-state index is 0.155. The molecule has 4 nitrogen and oxygen atoms in total. The molecule has 0 saturated heterocycles. The number of hydrogen-bond donors (Lipinski definition) is 0. The summed E-state index contributed by atoms with van der Waals surface area (Å²) in [6.07, 6.45) is 1.14. The SMILES string of the molecule is COCCOCCOCCOc1ccc(C(C)(C)CC(C)(C)C)cc1. The molecule has 0 aliphatic rings. The van der Waals surface area contributed by atoms with Crippen molar-refractivity contribution < 1.29 is 18.9 Å². The third-order valence-corrected chi connectivity index (χ3v) is 3.91. The number of methoxy groups -OCH3 is 1. The van der Waals surface area contributed by atoms with Crippen LogP contribution in [0.4, 0.5) is 0 Å². The molecule has 0 spiro atoms. The van der Waals surface area contributed by atoms with Gasteiger partial charge in [-0.1, -0.05) is 46.8 Å². The molecule has 0 radical (unpaired) electrons. The summed E-state index contributed by atoms with van der Waals surface area (Å²) in [4.78, 5) is 0. The Bertz CT molecular complexity index is 460. The van der Waals surface area contributed by atoms with Crippen LogP contribution in [0, 0.1) is 5.41 Å². The quantitative estimate of drug-likeness (QED) is 0.521. The summed E-state index contributed by atoms with van der Waals surface area (Å²) in [7, 11) is 1.66. The second-order valence-electron chi connectivity index (χ2n) is 8.21. The van der Waals surface area contributed by atoms with Crippen molar-refractivity contribution in [2.45, 2.75) is 46.5 Å². The zero-order valence-electron chi connectivity index (χ0n) is 16.9. The first-order valence-corrected chi connectivity index (χ1v) is 9.12. The van der Waals surface area contributed by atoms with E-state index in [1.807, 2.05) is 12.1 Å². The van der Waals surface area contributed by atoms with Crippen LogP contribution in [0.25, 0.3) is 0 Å². The maximum atomic E-state index is 5.73. The molecule has 0 unspecified atom stereocenters. The van der Waals surface area contributed by atoms with Gasteiger partial charge in [0.15, 0.2) is 0 Å². The monoisotopic (exact) mass is 352 g/mol. The Morgan fingerprint density at radius 1 is 0.720 bits per heavy atom. The van der Waals surface area contributed by atoms with Crippen molar-refractivity contribution in [3.05, 3.63) is 29.8 Å². The van der Waals surface area contributed by atoms with Crippen LogP contribution in [-0.4, -0.2) is 46.8 Å². The van der Waals surface area contributed by atoms with E-state index in [1.54, 1.807) is 7.11 Å². The molecule has 4 heteroatoms. The van der Waals surface area contributed by atoms with Gasteiger partial charge >= 0.3 is 0 Å². The predicted molar refractivity (Wildman–Crippen MR) is 103 cm³/mol. The van der Waals surface area contributed by atoms with Crippen LogP contribution in [0.5, 0.6) is 5.75 Å². The number of benzene rings is 1. The van der Waals surface area contributed by atoms with E-state index in [0.717, 1.165) is 12.2 Å². The minimum atomic E-state index is 0.155. The zero-order chi connectivity index (χ0) is 18.8. The Kier molecular flexibility index (Phi) is 9.47. The van der Waals surface area contributed by atoms with E-state index in [0.29, 0.717) is 45.1 Å². The minimum Gasteiger partial charge on any atom is -0.491 e. The molecular weight excluding hydrogens is 316 g/mol. The summed E-state index contributed by atoms with van der Waals surface area (Å²) in [6.45, 7) is 15.0. The fourth-order valence-corrected chi connectivity index (χ4v) is 3.11. The smallest absolute Gasteiger partial charge is 0.119 e. The van der Waals surface area contributed by atoms with E-state index in [-0.39, 0.29) is 5.41 Å². The highest BCUT2D eigenvalue weighted by molar-refractivity contribution is 5.31. The molecule has 0 bridgehead atoms. The summed E-state index contributed by atoms with van der Waals surface area (Å²) in [5.74, 6) is 0.884. The lowest BCUT2D eigenvalue weighted by atomic mass is 9.72. The van der Waals surface area contributed by atoms with Gasteiger partial charge < -0.3 is 18.9 Å². The van der Waals surface area contributed by atoms with E-state index in [2.05, 4.69) is 46.8 Å². The molecule has 0 amide bonds. The van der Waals surface area contributed by atoms with Gasteiger partial charge in [-0.3, -0.25) is 0 Å². The average Bonchev–Trinajstić information content (AvgIpc) is 2.51. The summed E-state index contributed by atoms with van der Waals surface area (Å²) in [5, 5.41) is 0. The average molecular weight is 353 g/mol. The van der Waals surface area contributed by atoms with Gasteiger partial charge in [0, 0.05) is 7.11 Å². The van der Waals surface area contributed by atoms with E-state index >= 15 is 0 Å². The van der Waals surface area contributed by atoms with Crippen molar-refractivity contribution in [3.8, 4) is 5.75 Å². The van der Waals surface area contributed by atoms with Gasteiger partial charge in [-0.05, 0) is 34.9 Å². The third-order valence-electron chi connectivity index (χ3n) is 3.91. The van der Waals surface area contributed by atoms with Crippen molar-refractivity contribution in [1.29, 1.82) is 0 Å². The molecule has 0 aliphatic heterocycles. The van der Waals surface area contributed by atoms with Crippen molar-refractivity contribution >= 4 is 0 Å². The highest BCUT2D eigenvalue weighted by Gasteiger charge is 2.27. The number of ether oxygens (including phenoxy) is 4. The first-order chi connectivity index (χ1) is 11.7. The molecule has 1 aromatic rings. The molecule has 0 N–H and O–H groups in total. The van der Waals surface area contributed by atoms with Gasteiger partial charge in [0.05, 0.1) is 33.0 Å². The van der Waals surface area contributed by atoms with Gasteiger partial charge in [-0.15, -0.1) is 0 Å².